The maximum atomic E-state index is 11.8. The van der Waals surface area contributed by atoms with E-state index in [-0.39, 0.29) is 24.7 Å². The number of hydrogen-bond donors (Lipinski definition) is 4. The van der Waals surface area contributed by atoms with Crippen molar-refractivity contribution >= 4 is 23.9 Å². The van der Waals surface area contributed by atoms with Gasteiger partial charge in [0.15, 0.2) is 0 Å². The second kappa shape index (κ2) is 13.5. The molecular weight excluding hydrogens is 396 g/mol. The average molecular weight is 425 g/mol. The number of carbonyl (C=O) groups is 4. The van der Waals surface area contributed by atoms with Crippen LogP contribution in [0, 0.1) is 0 Å². The van der Waals surface area contributed by atoms with Gasteiger partial charge >= 0.3 is 12.1 Å². The lowest BCUT2D eigenvalue weighted by Crippen LogP contribution is -2.39. The van der Waals surface area contributed by atoms with E-state index in [4.69, 9.17) is 0 Å². The van der Waals surface area contributed by atoms with Crippen molar-refractivity contribution in [3.63, 3.8) is 0 Å². The fraction of sp³-hybridized carbons (Fsp3) is 0.304. The van der Waals surface area contributed by atoms with Gasteiger partial charge in [0.25, 0.3) is 0 Å². The third-order valence-electron chi connectivity index (χ3n) is 4.41. The van der Waals surface area contributed by atoms with Crippen molar-refractivity contribution in [2.75, 3.05) is 0 Å². The van der Waals surface area contributed by atoms with E-state index in [2.05, 4.69) is 21.3 Å². The summed E-state index contributed by atoms with van der Waals surface area (Å²) in [6.07, 6.45) is 2.12. The highest BCUT2D eigenvalue weighted by atomic mass is 16.2. The molecule has 0 bridgehead atoms. The van der Waals surface area contributed by atoms with Crippen molar-refractivity contribution in [1.82, 2.24) is 21.3 Å². The Balaban J connectivity index is 1.48. The van der Waals surface area contributed by atoms with Gasteiger partial charge in [-0.05, 0) is 24.0 Å². The molecule has 2 aromatic carbocycles. The minimum Gasteiger partial charge on any atom is -0.334 e. The number of urea groups is 2. The standard InChI is InChI=1S/C23H28N4O4/c28-20(26-22(30)24-16-18-10-4-1-5-11-18)14-8-3-9-15-21(29)27-23(31)25-17-19-12-6-2-7-13-19/h1-2,4-7,10-13H,3,8-9,14-17H2,(H2,24,26,28,30)(H2,25,27,29,31). The van der Waals surface area contributed by atoms with Crippen LogP contribution in [-0.2, 0) is 22.7 Å². The largest absolute Gasteiger partial charge is 0.334 e. The first-order chi connectivity index (χ1) is 15.0. The summed E-state index contributed by atoms with van der Waals surface area (Å²) in [5, 5.41) is 9.81. The number of unbranched alkanes of at least 4 members (excludes halogenated alkanes) is 2. The molecule has 0 aliphatic rings. The third kappa shape index (κ3) is 10.6. The van der Waals surface area contributed by atoms with E-state index >= 15 is 0 Å². The van der Waals surface area contributed by atoms with Gasteiger partial charge in [-0.1, -0.05) is 67.1 Å². The van der Waals surface area contributed by atoms with Gasteiger partial charge in [-0.25, -0.2) is 9.59 Å². The number of rotatable bonds is 10. The summed E-state index contributed by atoms with van der Waals surface area (Å²) in [5.41, 5.74) is 1.88. The van der Waals surface area contributed by atoms with Crippen LogP contribution in [0.1, 0.15) is 43.2 Å². The molecule has 0 unspecified atom stereocenters. The van der Waals surface area contributed by atoms with Gasteiger partial charge in [-0.3, -0.25) is 20.2 Å². The molecule has 4 N–H and O–H groups in total. The van der Waals surface area contributed by atoms with Crippen LogP contribution in [0.2, 0.25) is 0 Å². The molecule has 0 fully saturated rings. The molecule has 0 aliphatic heterocycles. The van der Waals surface area contributed by atoms with Crippen LogP contribution >= 0.6 is 0 Å². The summed E-state index contributed by atoms with van der Waals surface area (Å²) in [6, 6.07) is 17.7. The molecule has 0 aliphatic carbocycles. The van der Waals surface area contributed by atoms with E-state index in [0.29, 0.717) is 32.4 Å². The Morgan fingerprint density at radius 2 is 0.935 bits per heavy atom. The normalized spacial score (nSPS) is 10.1. The second-order valence-corrected chi connectivity index (χ2v) is 6.99. The number of hydrogen-bond acceptors (Lipinski definition) is 4. The summed E-state index contributed by atoms with van der Waals surface area (Å²) >= 11 is 0. The van der Waals surface area contributed by atoms with Gasteiger partial charge in [0.2, 0.25) is 11.8 Å². The molecule has 8 nitrogen and oxygen atoms in total. The van der Waals surface area contributed by atoms with Crippen molar-refractivity contribution in [3.8, 4) is 0 Å². The summed E-state index contributed by atoms with van der Waals surface area (Å²) in [7, 11) is 0. The molecule has 0 radical (unpaired) electrons. The summed E-state index contributed by atoms with van der Waals surface area (Å²) in [6.45, 7) is 0.683. The molecule has 0 aromatic heterocycles. The molecule has 6 amide bonds. The predicted octanol–water partition coefficient (Wildman–Crippen LogP) is 2.99. The van der Waals surface area contributed by atoms with Crippen LogP contribution in [0.3, 0.4) is 0 Å². The fourth-order valence-electron chi connectivity index (χ4n) is 2.77. The first kappa shape index (κ1) is 23.6. The maximum absolute atomic E-state index is 11.8. The quantitative estimate of drug-likeness (QED) is 0.439. The van der Waals surface area contributed by atoms with Gasteiger partial charge in [0.05, 0.1) is 0 Å². The average Bonchev–Trinajstić information content (AvgIpc) is 2.77. The zero-order chi connectivity index (χ0) is 22.3. The summed E-state index contributed by atoms with van der Waals surface area (Å²) < 4.78 is 0. The van der Waals surface area contributed by atoms with Crippen LogP contribution in [0.5, 0.6) is 0 Å². The van der Waals surface area contributed by atoms with Crippen molar-refractivity contribution in [1.29, 1.82) is 0 Å². The highest BCUT2D eigenvalue weighted by Crippen LogP contribution is 2.03. The first-order valence-corrected chi connectivity index (χ1v) is 10.3. The van der Waals surface area contributed by atoms with E-state index < -0.39 is 12.1 Å². The Morgan fingerprint density at radius 1 is 0.548 bits per heavy atom. The summed E-state index contributed by atoms with van der Waals surface area (Å²) in [5.74, 6) is -0.731. The van der Waals surface area contributed by atoms with Crippen molar-refractivity contribution in [2.45, 2.75) is 45.2 Å². The van der Waals surface area contributed by atoms with E-state index in [0.717, 1.165) is 11.1 Å². The molecule has 0 saturated heterocycles. The molecule has 0 saturated carbocycles. The monoisotopic (exact) mass is 424 g/mol. The van der Waals surface area contributed by atoms with Gasteiger partial charge in [0, 0.05) is 25.9 Å². The van der Waals surface area contributed by atoms with Crippen LogP contribution in [0.15, 0.2) is 60.7 Å². The third-order valence-corrected chi connectivity index (χ3v) is 4.41. The lowest BCUT2D eigenvalue weighted by Gasteiger charge is -2.07. The number of carbonyl (C=O) groups excluding carboxylic acids is 4. The van der Waals surface area contributed by atoms with Crippen LogP contribution in [-0.4, -0.2) is 23.9 Å². The molecular formula is C23H28N4O4. The SMILES string of the molecule is O=C(CCCCCC(=O)NC(=O)NCc1ccccc1)NC(=O)NCc1ccccc1. The van der Waals surface area contributed by atoms with Crippen molar-refractivity contribution in [2.24, 2.45) is 0 Å². The van der Waals surface area contributed by atoms with E-state index in [1.54, 1.807) is 0 Å². The van der Waals surface area contributed by atoms with E-state index in [9.17, 15) is 19.2 Å². The molecule has 8 heteroatoms. The Bertz CT molecular complexity index is 785. The molecule has 0 atom stereocenters. The van der Waals surface area contributed by atoms with Crippen LogP contribution in [0.4, 0.5) is 9.59 Å². The number of amides is 6. The van der Waals surface area contributed by atoms with Gasteiger partial charge in [-0.15, -0.1) is 0 Å². The Morgan fingerprint density at radius 3 is 1.32 bits per heavy atom. The lowest BCUT2D eigenvalue weighted by atomic mass is 10.1. The lowest BCUT2D eigenvalue weighted by molar-refractivity contribution is -0.120. The van der Waals surface area contributed by atoms with Crippen LogP contribution < -0.4 is 21.3 Å². The number of benzene rings is 2. The minimum absolute atomic E-state index is 0.192. The topological polar surface area (TPSA) is 116 Å². The zero-order valence-corrected chi connectivity index (χ0v) is 17.4. The smallest absolute Gasteiger partial charge is 0.321 e. The number of nitrogens with one attached hydrogen (secondary N) is 4. The second-order valence-electron chi connectivity index (χ2n) is 6.99. The van der Waals surface area contributed by atoms with Gasteiger partial charge < -0.3 is 10.6 Å². The summed E-state index contributed by atoms with van der Waals surface area (Å²) in [4.78, 5) is 47.0. The Labute approximate surface area is 181 Å². The molecule has 31 heavy (non-hydrogen) atoms. The Kier molecular flexibility index (Phi) is 10.3. The molecule has 164 valence electrons. The Hall–Kier alpha value is -3.68. The molecule has 2 rings (SSSR count). The van der Waals surface area contributed by atoms with Crippen molar-refractivity contribution < 1.29 is 19.2 Å². The van der Waals surface area contributed by atoms with Crippen LogP contribution in [0.25, 0.3) is 0 Å². The van der Waals surface area contributed by atoms with E-state index in [1.807, 2.05) is 60.7 Å². The van der Waals surface area contributed by atoms with Gasteiger partial charge in [-0.2, -0.15) is 0 Å². The van der Waals surface area contributed by atoms with Crippen molar-refractivity contribution in [3.05, 3.63) is 71.8 Å². The fourth-order valence-corrected chi connectivity index (χ4v) is 2.77. The number of imide groups is 2. The predicted molar refractivity (Wildman–Crippen MR) is 117 cm³/mol. The van der Waals surface area contributed by atoms with E-state index in [1.165, 1.54) is 0 Å². The molecule has 0 heterocycles. The maximum Gasteiger partial charge on any atom is 0.321 e. The first-order valence-electron chi connectivity index (χ1n) is 10.3. The molecule has 0 spiro atoms. The highest BCUT2D eigenvalue weighted by molar-refractivity contribution is 5.94. The highest BCUT2D eigenvalue weighted by Gasteiger charge is 2.09. The van der Waals surface area contributed by atoms with Gasteiger partial charge in [0.1, 0.15) is 0 Å². The zero-order valence-electron chi connectivity index (χ0n) is 17.4. The molecule has 2 aromatic rings. The minimum atomic E-state index is -0.533.